The molecule has 176 valence electrons. The number of anilines is 1. The number of rotatable bonds is 7. The maximum atomic E-state index is 12.7. The Balaban J connectivity index is 1.84. The molecule has 0 spiro atoms. The van der Waals surface area contributed by atoms with Crippen molar-refractivity contribution in [2.75, 3.05) is 32.2 Å². The number of fused-ring (bicyclic) bond motifs is 1. The van der Waals surface area contributed by atoms with E-state index in [0.717, 1.165) is 5.52 Å². The summed E-state index contributed by atoms with van der Waals surface area (Å²) < 4.78 is 31.8. The molecule has 3 aromatic rings. The number of nitrogens with one attached hydrogen (secondary N) is 1. The average molecular weight is 474 g/mol. The van der Waals surface area contributed by atoms with E-state index in [-0.39, 0.29) is 30.9 Å². The van der Waals surface area contributed by atoms with Crippen LogP contribution < -0.4 is 4.90 Å². The number of pyridine rings is 2. The first kappa shape index (κ1) is 23.3. The van der Waals surface area contributed by atoms with Crippen molar-refractivity contribution in [3.05, 3.63) is 41.6 Å². The van der Waals surface area contributed by atoms with Crippen LogP contribution in [0.4, 0.5) is 5.82 Å². The van der Waals surface area contributed by atoms with Crippen LogP contribution in [-0.4, -0.2) is 72.0 Å². The predicted molar refractivity (Wildman–Crippen MR) is 124 cm³/mol. The summed E-state index contributed by atoms with van der Waals surface area (Å²) in [5.74, 6) is -0.0803. The Bertz CT molecular complexity index is 1290. The summed E-state index contributed by atoms with van der Waals surface area (Å²) in [7, 11) is -0.574. The number of aromatic amines is 1. The highest BCUT2D eigenvalue weighted by Gasteiger charge is 2.31. The van der Waals surface area contributed by atoms with Gasteiger partial charge in [0.05, 0.1) is 47.4 Å². The molecule has 1 aliphatic rings. The molecule has 0 radical (unpaired) electrons. The number of ether oxygens (including phenoxy) is 1. The molecule has 1 amide bonds. The maximum Gasteiger partial charge on any atom is 0.254 e. The lowest BCUT2D eigenvalue weighted by molar-refractivity contribution is -0.127. The minimum Gasteiger partial charge on any atom is -0.390 e. The van der Waals surface area contributed by atoms with Crippen molar-refractivity contribution in [2.24, 2.45) is 0 Å². The van der Waals surface area contributed by atoms with Gasteiger partial charge in [-0.25, -0.2) is 22.7 Å². The second kappa shape index (κ2) is 9.18. The van der Waals surface area contributed by atoms with Gasteiger partial charge < -0.3 is 14.8 Å². The van der Waals surface area contributed by atoms with Crippen molar-refractivity contribution in [1.29, 1.82) is 0 Å². The van der Waals surface area contributed by atoms with Crippen molar-refractivity contribution in [1.82, 2.24) is 19.3 Å². The summed E-state index contributed by atoms with van der Waals surface area (Å²) in [6, 6.07) is 8.49. The van der Waals surface area contributed by atoms with Crippen molar-refractivity contribution >= 4 is 32.8 Å². The standard InChI is InChI=1S/C22H27N5O5S/c1-4-16-11-32-12-22(29)27(16)21-8-14(13-33(30,31)26(2)3)7-19(25-21)18-6-5-17-20(24-18)9-15(10-28)23-17/h5-9,16,23,28H,4,10-13H2,1-3H3/t16-/m0/s1. The fourth-order valence-electron chi connectivity index (χ4n) is 3.79. The normalized spacial score (nSPS) is 17.3. The van der Waals surface area contributed by atoms with Crippen LogP contribution in [0.25, 0.3) is 22.4 Å². The third kappa shape index (κ3) is 4.76. The van der Waals surface area contributed by atoms with Crippen LogP contribution in [0.3, 0.4) is 0 Å². The molecule has 1 atom stereocenters. The monoisotopic (exact) mass is 473 g/mol. The highest BCUT2D eigenvalue weighted by atomic mass is 32.2. The van der Waals surface area contributed by atoms with Crippen LogP contribution in [0, 0.1) is 0 Å². The average Bonchev–Trinajstić information content (AvgIpc) is 3.20. The topological polar surface area (TPSA) is 129 Å². The number of aliphatic hydroxyl groups is 1. The third-order valence-corrected chi connectivity index (χ3v) is 7.44. The van der Waals surface area contributed by atoms with Gasteiger partial charge in [0.1, 0.15) is 12.4 Å². The first-order chi connectivity index (χ1) is 15.7. The quantitative estimate of drug-likeness (QED) is 0.534. The van der Waals surface area contributed by atoms with E-state index in [1.165, 1.54) is 18.4 Å². The van der Waals surface area contributed by atoms with Crippen LogP contribution in [0.15, 0.2) is 30.3 Å². The number of aromatic nitrogens is 3. The molecule has 0 unspecified atom stereocenters. The lowest BCUT2D eigenvalue weighted by Gasteiger charge is -2.34. The zero-order chi connectivity index (χ0) is 23.8. The number of carbonyl (C=O) groups is 1. The smallest absolute Gasteiger partial charge is 0.254 e. The number of sulfonamides is 1. The maximum absolute atomic E-state index is 12.7. The number of hydrogen-bond acceptors (Lipinski definition) is 7. The van der Waals surface area contributed by atoms with Gasteiger partial charge in [0.2, 0.25) is 10.0 Å². The number of H-pyrrole nitrogens is 1. The van der Waals surface area contributed by atoms with Crippen LogP contribution >= 0.6 is 0 Å². The number of carbonyl (C=O) groups excluding carboxylic acids is 1. The fraction of sp³-hybridized carbons (Fsp3) is 0.409. The Morgan fingerprint density at radius 2 is 2.00 bits per heavy atom. The molecule has 0 bridgehead atoms. The first-order valence-electron chi connectivity index (χ1n) is 10.6. The molecule has 1 saturated heterocycles. The largest absolute Gasteiger partial charge is 0.390 e. The Labute approximate surface area is 192 Å². The lowest BCUT2D eigenvalue weighted by atomic mass is 10.1. The van der Waals surface area contributed by atoms with Crippen molar-refractivity contribution < 1.29 is 23.1 Å². The molecule has 11 heteroatoms. The molecule has 2 N–H and O–H groups in total. The van der Waals surface area contributed by atoms with E-state index >= 15 is 0 Å². The van der Waals surface area contributed by atoms with Gasteiger partial charge in [-0.2, -0.15) is 0 Å². The Morgan fingerprint density at radius 1 is 1.21 bits per heavy atom. The van der Waals surface area contributed by atoms with Gasteiger partial charge in [0.15, 0.2) is 0 Å². The van der Waals surface area contributed by atoms with Crippen LogP contribution in [0.1, 0.15) is 24.6 Å². The summed E-state index contributed by atoms with van der Waals surface area (Å²) in [6.07, 6.45) is 0.667. The Hall–Kier alpha value is -2.86. The van der Waals surface area contributed by atoms with Crippen molar-refractivity contribution in [2.45, 2.75) is 31.7 Å². The second-order valence-electron chi connectivity index (χ2n) is 8.18. The first-order valence-corrected chi connectivity index (χ1v) is 12.2. The predicted octanol–water partition coefficient (Wildman–Crippen LogP) is 1.65. The Kier molecular flexibility index (Phi) is 6.48. The van der Waals surface area contributed by atoms with Gasteiger partial charge in [-0.1, -0.05) is 6.92 Å². The molecular weight excluding hydrogens is 446 g/mol. The lowest BCUT2D eigenvalue weighted by Crippen LogP contribution is -2.49. The van der Waals surface area contributed by atoms with Gasteiger partial charge in [-0.05, 0) is 42.3 Å². The molecule has 1 fully saturated rings. The summed E-state index contributed by atoms with van der Waals surface area (Å²) in [5, 5.41) is 9.39. The molecule has 3 aromatic heterocycles. The minimum absolute atomic E-state index is 0.0504. The van der Waals surface area contributed by atoms with E-state index in [1.807, 2.05) is 13.0 Å². The SMILES string of the molecule is CC[C@H]1COCC(=O)N1c1cc(CS(=O)(=O)N(C)C)cc(-c2ccc3[nH]c(CO)cc3n2)n1. The number of morpholine rings is 1. The molecule has 10 nitrogen and oxygen atoms in total. The zero-order valence-electron chi connectivity index (χ0n) is 18.8. The molecule has 0 aromatic carbocycles. The van der Waals surface area contributed by atoms with Gasteiger partial charge in [0.25, 0.3) is 5.91 Å². The minimum atomic E-state index is -3.54. The highest BCUT2D eigenvalue weighted by Crippen LogP contribution is 2.28. The van der Waals surface area contributed by atoms with E-state index in [1.54, 1.807) is 29.2 Å². The summed E-state index contributed by atoms with van der Waals surface area (Å²) in [5.41, 5.74) is 3.55. The molecule has 4 rings (SSSR count). The summed E-state index contributed by atoms with van der Waals surface area (Å²) in [4.78, 5) is 26.7. The third-order valence-electron chi connectivity index (χ3n) is 5.63. The molecule has 0 saturated carbocycles. The summed E-state index contributed by atoms with van der Waals surface area (Å²) >= 11 is 0. The van der Waals surface area contributed by atoms with Gasteiger partial charge in [-0.3, -0.25) is 9.69 Å². The van der Waals surface area contributed by atoms with Crippen LogP contribution in [0.5, 0.6) is 0 Å². The fourth-order valence-corrected chi connectivity index (χ4v) is 4.63. The number of aliphatic hydroxyl groups excluding tert-OH is 1. The molecule has 1 aliphatic heterocycles. The van der Waals surface area contributed by atoms with Gasteiger partial charge >= 0.3 is 0 Å². The second-order valence-corrected chi connectivity index (χ2v) is 10.4. The van der Waals surface area contributed by atoms with E-state index < -0.39 is 10.0 Å². The Morgan fingerprint density at radius 3 is 2.70 bits per heavy atom. The van der Waals surface area contributed by atoms with E-state index in [0.29, 0.717) is 47.0 Å². The molecule has 33 heavy (non-hydrogen) atoms. The van der Waals surface area contributed by atoms with Crippen LogP contribution in [-0.2, 0) is 31.9 Å². The van der Waals surface area contributed by atoms with Crippen molar-refractivity contribution in [3.8, 4) is 11.4 Å². The molecule has 0 aliphatic carbocycles. The van der Waals surface area contributed by atoms with Gasteiger partial charge in [0, 0.05) is 19.8 Å². The molecule has 4 heterocycles. The number of hydrogen-bond donors (Lipinski definition) is 2. The number of nitrogens with zero attached hydrogens (tertiary/aromatic N) is 4. The van der Waals surface area contributed by atoms with Crippen molar-refractivity contribution in [3.63, 3.8) is 0 Å². The molecular formula is C22H27N5O5S. The van der Waals surface area contributed by atoms with E-state index in [9.17, 15) is 18.3 Å². The van der Waals surface area contributed by atoms with E-state index in [4.69, 9.17) is 9.72 Å². The number of amides is 1. The van der Waals surface area contributed by atoms with E-state index in [2.05, 4.69) is 9.97 Å². The summed E-state index contributed by atoms with van der Waals surface area (Å²) in [6.45, 7) is 2.16. The van der Waals surface area contributed by atoms with Gasteiger partial charge in [-0.15, -0.1) is 0 Å². The van der Waals surface area contributed by atoms with Crippen LogP contribution in [0.2, 0.25) is 0 Å². The highest BCUT2D eigenvalue weighted by molar-refractivity contribution is 7.88. The zero-order valence-corrected chi connectivity index (χ0v) is 19.6.